The summed E-state index contributed by atoms with van der Waals surface area (Å²) in [5.41, 5.74) is 8.20. The zero-order chi connectivity index (χ0) is 9.68. The standard InChI is InChI=1S/C11H18N2/c1-3-13(2)11-7-5-4-6-10(11)8-9-12/h4-7H,3,8-9,12H2,1-2H3. The van der Waals surface area contributed by atoms with Crippen LogP contribution in [0.4, 0.5) is 5.69 Å². The molecule has 0 aliphatic carbocycles. The van der Waals surface area contributed by atoms with Crippen LogP contribution in [0, 0.1) is 0 Å². The highest BCUT2D eigenvalue weighted by molar-refractivity contribution is 5.53. The lowest BCUT2D eigenvalue weighted by Crippen LogP contribution is -2.18. The summed E-state index contributed by atoms with van der Waals surface area (Å²) in [5, 5.41) is 0. The van der Waals surface area contributed by atoms with Gasteiger partial charge in [-0.2, -0.15) is 0 Å². The van der Waals surface area contributed by atoms with E-state index in [1.807, 2.05) is 0 Å². The number of nitrogens with zero attached hydrogens (tertiary/aromatic N) is 1. The fourth-order valence-corrected chi connectivity index (χ4v) is 1.42. The maximum absolute atomic E-state index is 5.55. The number of hydrogen-bond donors (Lipinski definition) is 1. The quantitative estimate of drug-likeness (QED) is 0.759. The molecule has 0 radical (unpaired) electrons. The van der Waals surface area contributed by atoms with Crippen molar-refractivity contribution in [1.82, 2.24) is 0 Å². The molecule has 0 amide bonds. The van der Waals surface area contributed by atoms with Crippen LogP contribution >= 0.6 is 0 Å². The predicted molar refractivity (Wildman–Crippen MR) is 58.1 cm³/mol. The molecule has 0 saturated heterocycles. The minimum Gasteiger partial charge on any atom is -0.375 e. The van der Waals surface area contributed by atoms with Gasteiger partial charge in [-0.15, -0.1) is 0 Å². The second-order valence-corrected chi connectivity index (χ2v) is 3.18. The van der Waals surface area contributed by atoms with Crippen molar-refractivity contribution in [3.05, 3.63) is 29.8 Å². The average molecular weight is 178 g/mol. The van der Waals surface area contributed by atoms with Gasteiger partial charge in [-0.05, 0) is 31.5 Å². The highest BCUT2D eigenvalue weighted by Gasteiger charge is 2.03. The van der Waals surface area contributed by atoms with E-state index in [-0.39, 0.29) is 0 Å². The van der Waals surface area contributed by atoms with Gasteiger partial charge in [-0.3, -0.25) is 0 Å². The van der Waals surface area contributed by atoms with E-state index in [1.165, 1.54) is 11.3 Å². The Labute approximate surface area is 80.4 Å². The Hall–Kier alpha value is -1.02. The summed E-state index contributed by atoms with van der Waals surface area (Å²) < 4.78 is 0. The Balaban J connectivity index is 2.90. The summed E-state index contributed by atoms with van der Waals surface area (Å²) in [6, 6.07) is 8.43. The first kappa shape index (κ1) is 10.1. The van der Waals surface area contributed by atoms with Crippen molar-refractivity contribution < 1.29 is 0 Å². The summed E-state index contributed by atoms with van der Waals surface area (Å²) in [6.45, 7) is 3.90. The zero-order valence-corrected chi connectivity index (χ0v) is 8.46. The smallest absolute Gasteiger partial charge is 0.0396 e. The minimum atomic E-state index is 0.717. The first-order valence-electron chi connectivity index (χ1n) is 4.78. The number of rotatable bonds is 4. The molecule has 0 bridgehead atoms. The fraction of sp³-hybridized carbons (Fsp3) is 0.455. The first-order chi connectivity index (χ1) is 6.29. The van der Waals surface area contributed by atoms with E-state index in [4.69, 9.17) is 5.73 Å². The molecule has 0 unspecified atom stereocenters. The second-order valence-electron chi connectivity index (χ2n) is 3.18. The highest BCUT2D eigenvalue weighted by atomic mass is 15.1. The summed E-state index contributed by atoms with van der Waals surface area (Å²) in [7, 11) is 2.11. The van der Waals surface area contributed by atoms with Gasteiger partial charge in [0.25, 0.3) is 0 Å². The fourth-order valence-electron chi connectivity index (χ4n) is 1.42. The molecular formula is C11H18N2. The van der Waals surface area contributed by atoms with Gasteiger partial charge < -0.3 is 10.6 Å². The Morgan fingerprint density at radius 2 is 2.00 bits per heavy atom. The van der Waals surface area contributed by atoms with Crippen molar-refractivity contribution in [3.63, 3.8) is 0 Å². The Bertz CT molecular complexity index is 258. The lowest BCUT2D eigenvalue weighted by atomic mass is 10.1. The van der Waals surface area contributed by atoms with Crippen molar-refractivity contribution in [2.45, 2.75) is 13.3 Å². The van der Waals surface area contributed by atoms with Crippen molar-refractivity contribution in [2.24, 2.45) is 5.73 Å². The summed E-state index contributed by atoms with van der Waals surface area (Å²) in [6.07, 6.45) is 0.959. The molecule has 2 heteroatoms. The van der Waals surface area contributed by atoms with Gasteiger partial charge in [-0.25, -0.2) is 0 Å². The van der Waals surface area contributed by atoms with Gasteiger partial charge in [0.15, 0.2) is 0 Å². The van der Waals surface area contributed by atoms with E-state index in [2.05, 4.69) is 43.1 Å². The van der Waals surface area contributed by atoms with Gasteiger partial charge in [-0.1, -0.05) is 18.2 Å². The van der Waals surface area contributed by atoms with Gasteiger partial charge in [0.2, 0.25) is 0 Å². The van der Waals surface area contributed by atoms with Crippen molar-refractivity contribution in [3.8, 4) is 0 Å². The Morgan fingerprint density at radius 3 is 2.62 bits per heavy atom. The van der Waals surface area contributed by atoms with E-state index in [1.54, 1.807) is 0 Å². The van der Waals surface area contributed by atoms with E-state index >= 15 is 0 Å². The van der Waals surface area contributed by atoms with Gasteiger partial charge in [0, 0.05) is 19.3 Å². The van der Waals surface area contributed by atoms with Crippen LogP contribution in [0.3, 0.4) is 0 Å². The molecule has 0 aliphatic heterocycles. The third-order valence-electron chi connectivity index (χ3n) is 2.29. The molecule has 0 heterocycles. The summed E-state index contributed by atoms with van der Waals surface area (Å²) in [5.74, 6) is 0. The predicted octanol–water partition coefficient (Wildman–Crippen LogP) is 1.64. The Kier molecular flexibility index (Phi) is 3.77. The van der Waals surface area contributed by atoms with Crippen LogP contribution in [0.15, 0.2) is 24.3 Å². The number of nitrogens with two attached hydrogens (primary N) is 1. The second kappa shape index (κ2) is 4.87. The van der Waals surface area contributed by atoms with Crippen molar-refractivity contribution in [2.75, 3.05) is 25.0 Å². The molecule has 0 spiro atoms. The van der Waals surface area contributed by atoms with Gasteiger partial charge in [0.1, 0.15) is 0 Å². The maximum atomic E-state index is 5.55. The van der Waals surface area contributed by atoms with Crippen LogP contribution in [0.25, 0.3) is 0 Å². The molecule has 2 nitrogen and oxygen atoms in total. The number of benzene rings is 1. The molecule has 0 aliphatic rings. The molecule has 0 atom stereocenters. The van der Waals surface area contributed by atoms with Crippen LogP contribution in [-0.2, 0) is 6.42 Å². The van der Waals surface area contributed by atoms with E-state index in [9.17, 15) is 0 Å². The number of para-hydroxylation sites is 1. The molecule has 0 saturated carbocycles. The van der Waals surface area contributed by atoms with Crippen LogP contribution in [-0.4, -0.2) is 20.1 Å². The molecule has 72 valence electrons. The van der Waals surface area contributed by atoms with Crippen LogP contribution in [0.1, 0.15) is 12.5 Å². The topological polar surface area (TPSA) is 29.3 Å². The first-order valence-corrected chi connectivity index (χ1v) is 4.78. The third-order valence-corrected chi connectivity index (χ3v) is 2.29. The van der Waals surface area contributed by atoms with Crippen molar-refractivity contribution >= 4 is 5.69 Å². The van der Waals surface area contributed by atoms with E-state index in [0.717, 1.165) is 13.0 Å². The minimum absolute atomic E-state index is 0.717. The molecular weight excluding hydrogens is 160 g/mol. The normalized spacial score (nSPS) is 10.1. The van der Waals surface area contributed by atoms with E-state index < -0.39 is 0 Å². The molecule has 2 N–H and O–H groups in total. The zero-order valence-electron chi connectivity index (χ0n) is 8.46. The summed E-state index contributed by atoms with van der Waals surface area (Å²) in [4.78, 5) is 2.24. The van der Waals surface area contributed by atoms with Crippen LogP contribution < -0.4 is 10.6 Å². The lowest BCUT2D eigenvalue weighted by molar-refractivity contribution is 0.919. The lowest BCUT2D eigenvalue weighted by Gasteiger charge is -2.20. The molecule has 0 fully saturated rings. The number of hydrogen-bond acceptors (Lipinski definition) is 2. The van der Waals surface area contributed by atoms with Crippen molar-refractivity contribution in [1.29, 1.82) is 0 Å². The molecule has 1 aromatic rings. The van der Waals surface area contributed by atoms with E-state index in [0.29, 0.717) is 6.54 Å². The average Bonchev–Trinajstić information content (AvgIpc) is 2.18. The van der Waals surface area contributed by atoms with Gasteiger partial charge in [0.05, 0.1) is 0 Å². The molecule has 1 aromatic carbocycles. The largest absolute Gasteiger partial charge is 0.375 e. The monoisotopic (exact) mass is 178 g/mol. The van der Waals surface area contributed by atoms with Gasteiger partial charge >= 0.3 is 0 Å². The molecule has 1 rings (SSSR count). The molecule has 0 aromatic heterocycles. The highest BCUT2D eigenvalue weighted by Crippen LogP contribution is 2.18. The maximum Gasteiger partial charge on any atom is 0.0396 e. The molecule has 13 heavy (non-hydrogen) atoms. The summed E-state index contributed by atoms with van der Waals surface area (Å²) >= 11 is 0. The Morgan fingerprint density at radius 1 is 1.31 bits per heavy atom. The van der Waals surface area contributed by atoms with Crippen LogP contribution in [0.5, 0.6) is 0 Å². The third kappa shape index (κ3) is 2.46. The SMILES string of the molecule is CCN(C)c1ccccc1CCN. The number of anilines is 1. The van der Waals surface area contributed by atoms with Crippen LogP contribution in [0.2, 0.25) is 0 Å².